The van der Waals surface area contributed by atoms with E-state index < -0.39 is 5.97 Å². The van der Waals surface area contributed by atoms with E-state index in [1.807, 2.05) is 0 Å². The number of aromatic nitrogens is 3. The minimum atomic E-state index is -0.480. The van der Waals surface area contributed by atoms with Crippen LogP contribution in [0, 0.1) is 6.92 Å². The molecule has 3 rings (SSSR count). The minimum Gasteiger partial charge on any atom is -0.461 e. The Hall–Kier alpha value is -2.64. The Morgan fingerprint density at radius 3 is 3.00 bits per heavy atom. The van der Waals surface area contributed by atoms with Gasteiger partial charge >= 0.3 is 5.97 Å². The standard InChI is InChI=1S/C14H16N4O4/c1-3-21-14(20)12-9-7-18(5-4-10(9)15-16-12)13(19)11-6-8(2)22-17-11/h6H,3-5,7H2,1-2H3,(H,15,16). The summed E-state index contributed by atoms with van der Waals surface area (Å²) in [5.74, 6) is -0.123. The maximum atomic E-state index is 12.4. The largest absolute Gasteiger partial charge is 0.461 e. The average Bonchev–Trinajstić information content (AvgIpc) is 3.12. The van der Waals surface area contributed by atoms with Gasteiger partial charge in [0.15, 0.2) is 11.4 Å². The first-order chi connectivity index (χ1) is 10.6. The van der Waals surface area contributed by atoms with Gasteiger partial charge in [0, 0.05) is 30.3 Å². The highest BCUT2D eigenvalue weighted by Gasteiger charge is 2.29. The molecule has 1 aliphatic rings. The van der Waals surface area contributed by atoms with Crippen LogP contribution in [-0.2, 0) is 17.7 Å². The number of carbonyl (C=O) groups excluding carboxylic acids is 2. The van der Waals surface area contributed by atoms with Gasteiger partial charge in [-0.3, -0.25) is 9.89 Å². The monoisotopic (exact) mass is 304 g/mol. The molecule has 0 bridgehead atoms. The summed E-state index contributed by atoms with van der Waals surface area (Å²) in [5.41, 5.74) is 2.08. The third-order valence-electron chi connectivity index (χ3n) is 3.54. The molecule has 0 saturated heterocycles. The summed E-state index contributed by atoms with van der Waals surface area (Å²) in [4.78, 5) is 25.9. The molecule has 2 aromatic heterocycles. The highest BCUT2D eigenvalue weighted by Crippen LogP contribution is 2.22. The molecule has 2 aromatic rings. The van der Waals surface area contributed by atoms with Crippen LogP contribution in [0.25, 0.3) is 0 Å². The van der Waals surface area contributed by atoms with Crippen molar-refractivity contribution in [3.8, 4) is 0 Å². The number of nitrogens with one attached hydrogen (secondary N) is 1. The number of amides is 1. The molecule has 8 heteroatoms. The smallest absolute Gasteiger partial charge is 0.359 e. The van der Waals surface area contributed by atoms with Crippen molar-refractivity contribution in [2.75, 3.05) is 13.2 Å². The predicted octanol–water partition coefficient (Wildman–Crippen LogP) is 1.08. The third kappa shape index (κ3) is 2.47. The maximum absolute atomic E-state index is 12.4. The van der Waals surface area contributed by atoms with Crippen LogP contribution in [0.3, 0.4) is 0 Å². The van der Waals surface area contributed by atoms with Gasteiger partial charge in [-0.25, -0.2) is 4.79 Å². The number of fused-ring (bicyclic) bond motifs is 1. The average molecular weight is 304 g/mol. The second-order valence-electron chi connectivity index (χ2n) is 5.05. The van der Waals surface area contributed by atoms with Gasteiger partial charge in [-0.2, -0.15) is 5.10 Å². The summed E-state index contributed by atoms with van der Waals surface area (Å²) in [7, 11) is 0. The van der Waals surface area contributed by atoms with Crippen LogP contribution in [0.1, 0.15) is 44.9 Å². The van der Waals surface area contributed by atoms with E-state index >= 15 is 0 Å². The number of nitrogens with zero attached hydrogens (tertiary/aromatic N) is 3. The Labute approximate surface area is 126 Å². The van der Waals surface area contributed by atoms with Gasteiger partial charge in [0.1, 0.15) is 5.76 Å². The molecule has 1 aliphatic heterocycles. The van der Waals surface area contributed by atoms with Gasteiger partial charge in [0.05, 0.1) is 13.2 Å². The van der Waals surface area contributed by atoms with Crippen molar-refractivity contribution in [1.82, 2.24) is 20.3 Å². The Balaban J connectivity index is 1.82. The van der Waals surface area contributed by atoms with E-state index in [2.05, 4.69) is 15.4 Å². The summed E-state index contributed by atoms with van der Waals surface area (Å²) in [5, 5.41) is 10.6. The van der Waals surface area contributed by atoms with E-state index in [0.717, 1.165) is 5.69 Å². The Morgan fingerprint density at radius 1 is 1.50 bits per heavy atom. The van der Waals surface area contributed by atoms with Gasteiger partial charge in [-0.1, -0.05) is 5.16 Å². The lowest BCUT2D eigenvalue weighted by Crippen LogP contribution is -2.36. The topological polar surface area (TPSA) is 101 Å². The van der Waals surface area contributed by atoms with E-state index in [9.17, 15) is 9.59 Å². The second kappa shape index (κ2) is 5.63. The molecule has 0 aromatic carbocycles. The maximum Gasteiger partial charge on any atom is 0.359 e. The van der Waals surface area contributed by atoms with E-state index in [1.165, 1.54) is 0 Å². The molecule has 1 N–H and O–H groups in total. The van der Waals surface area contributed by atoms with Crippen molar-refractivity contribution in [3.05, 3.63) is 34.5 Å². The first kappa shape index (κ1) is 14.3. The van der Waals surface area contributed by atoms with Crippen molar-refractivity contribution >= 4 is 11.9 Å². The molecule has 3 heterocycles. The highest BCUT2D eigenvalue weighted by atomic mass is 16.5. The zero-order chi connectivity index (χ0) is 15.7. The minimum absolute atomic E-state index is 0.224. The molecule has 0 unspecified atom stereocenters. The zero-order valence-corrected chi connectivity index (χ0v) is 12.4. The zero-order valence-electron chi connectivity index (χ0n) is 12.4. The quantitative estimate of drug-likeness (QED) is 0.851. The van der Waals surface area contributed by atoms with Crippen LogP contribution in [-0.4, -0.2) is 45.3 Å². The Kier molecular flexibility index (Phi) is 3.66. The van der Waals surface area contributed by atoms with Crippen molar-refractivity contribution < 1.29 is 18.8 Å². The normalized spacial score (nSPS) is 13.8. The molecule has 0 atom stereocenters. The molecule has 116 valence electrons. The van der Waals surface area contributed by atoms with Crippen LogP contribution < -0.4 is 0 Å². The van der Waals surface area contributed by atoms with Gasteiger partial charge in [0.2, 0.25) is 0 Å². The molecule has 8 nitrogen and oxygen atoms in total. The summed E-state index contributed by atoms with van der Waals surface area (Å²) < 4.78 is 9.92. The molecular weight excluding hydrogens is 288 g/mol. The fourth-order valence-corrected chi connectivity index (χ4v) is 2.47. The third-order valence-corrected chi connectivity index (χ3v) is 3.54. The number of hydrogen-bond donors (Lipinski definition) is 1. The summed E-state index contributed by atoms with van der Waals surface area (Å²) in [6.45, 7) is 4.57. The van der Waals surface area contributed by atoms with Crippen molar-refractivity contribution in [1.29, 1.82) is 0 Å². The van der Waals surface area contributed by atoms with E-state index in [1.54, 1.807) is 24.8 Å². The van der Waals surface area contributed by atoms with Crippen LogP contribution in [0.4, 0.5) is 0 Å². The summed E-state index contributed by atoms with van der Waals surface area (Å²) in [6.07, 6.45) is 0.601. The lowest BCUT2D eigenvalue weighted by molar-refractivity contribution is 0.0513. The number of carbonyl (C=O) groups is 2. The Bertz CT molecular complexity index is 718. The lowest BCUT2D eigenvalue weighted by atomic mass is 10.0. The number of aromatic amines is 1. The van der Waals surface area contributed by atoms with Crippen molar-refractivity contribution in [3.63, 3.8) is 0 Å². The molecule has 0 radical (unpaired) electrons. The molecule has 0 fully saturated rings. The fraction of sp³-hybridized carbons (Fsp3) is 0.429. The van der Waals surface area contributed by atoms with Gasteiger partial charge in [-0.05, 0) is 13.8 Å². The van der Waals surface area contributed by atoms with E-state index in [-0.39, 0.29) is 23.9 Å². The van der Waals surface area contributed by atoms with Crippen LogP contribution in [0.5, 0.6) is 0 Å². The number of esters is 1. The molecule has 0 spiro atoms. The van der Waals surface area contributed by atoms with E-state index in [0.29, 0.717) is 30.8 Å². The first-order valence-corrected chi connectivity index (χ1v) is 7.06. The lowest BCUT2D eigenvalue weighted by Gasteiger charge is -2.26. The van der Waals surface area contributed by atoms with E-state index in [4.69, 9.17) is 9.26 Å². The van der Waals surface area contributed by atoms with Crippen molar-refractivity contribution in [2.24, 2.45) is 0 Å². The molecule has 0 saturated carbocycles. The SMILES string of the molecule is CCOC(=O)c1n[nH]c2c1CN(C(=O)c1cc(C)on1)CC2. The number of rotatable bonds is 3. The molecular formula is C14H16N4O4. The molecule has 1 amide bonds. The number of H-pyrrole nitrogens is 1. The number of hydrogen-bond acceptors (Lipinski definition) is 6. The second-order valence-corrected chi connectivity index (χ2v) is 5.05. The highest BCUT2D eigenvalue weighted by molar-refractivity contribution is 5.93. The summed E-state index contributed by atoms with van der Waals surface area (Å²) in [6, 6.07) is 1.60. The number of ether oxygens (including phenoxy) is 1. The first-order valence-electron chi connectivity index (χ1n) is 7.06. The van der Waals surface area contributed by atoms with Crippen LogP contribution >= 0.6 is 0 Å². The fourth-order valence-electron chi connectivity index (χ4n) is 2.47. The van der Waals surface area contributed by atoms with Gasteiger partial charge in [-0.15, -0.1) is 0 Å². The summed E-state index contributed by atoms with van der Waals surface area (Å²) >= 11 is 0. The van der Waals surface area contributed by atoms with Crippen LogP contribution in [0.15, 0.2) is 10.6 Å². The molecule has 0 aliphatic carbocycles. The number of aryl methyl sites for hydroxylation is 1. The molecule has 22 heavy (non-hydrogen) atoms. The van der Waals surface area contributed by atoms with Crippen molar-refractivity contribution in [2.45, 2.75) is 26.8 Å². The predicted molar refractivity (Wildman–Crippen MR) is 74.2 cm³/mol. The van der Waals surface area contributed by atoms with Gasteiger partial charge < -0.3 is 14.2 Å². The Morgan fingerprint density at radius 2 is 2.32 bits per heavy atom. The van der Waals surface area contributed by atoms with Gasteiger partial charge in [0.25, 0.3) is 5.91 Å². The van der Waals surface area contributed by atoms with Crippen LogP contribution in [0.2, 0.25) is 0 Å².